The second-order valence-corrected chi connectivity index (χ2v) is 3.90. The molecule has 5 nitrogen and oxygen atoms in total. The molecule has 0 heterocycles. The number of hydrogen-bond acceptors (Lipinski definition) is 3. The van der Waals surface area contributed by atoms with Gasteiger partial charge in [0.1, 0.15) is 0 Å². The van der Waals surface area contributed by atoms with Gasteiger partial charge < -0.3 is 16.4 Å². The molecule has 2 amide bonds. The Bertz CT molecular complexity index is 216. The summed E-state index contributed by atoms with van der Waals surface area (Å²) in [4.78, 5) is 23.3. The number of amides is 2. The first kappa shape index (κ1) is 12.9. The Morgan fingerprint density at radius 3 is 2.21 bits per heavy atom. The third-order valence-electron chi connectivity index (χ3n) is 1.81. The summed E-state index contributed by atoms with van der Waals surface area (Å²) in [6, 6.07) is -0.542. The molecule has 0 rings (SSSR count). The monoisotopic (exact) mass is 201 g/mol. The van der Waals surface area contributed by atoms with E-state index in [2.05, 4.69) is 0 Å². The summed E-state index contributed by atoms with van der Waals surface area (Å²) in [6.07, 6.45) is 0.613. The number of carbonyl (C=O) groups excluding carboxylic acids is 2. The Morgan fingerprint density at radius 1 is 1.36 bits per heavy atom. The highest BCUT2D eigenvalue weighted by Gasteiger charge is 2.19. The minimum absolute atomic E-state index is 0.0787. The van der Waals surface area contributed by atoms with Crippen molar-refractivity contribution in [2.75, 3.05) is 13.6 Å². The first-order chi connectivity index (χ1) is 6.34. The predicted octanol–water partition coefficient (Wildman–Crippen LogP) is -0.696. The zero-order valence-electron chi connectivity index (χ0n) is 8.99. The van der Waals surface area contributed by atoms with Crippen LogP contribution in [0.1, 0.15) is 20.3 Å². The number of hydrogen-bond donors (Lipinski definition) is 2. The SMILES string of the molecule is CC(C)CC(N)C(=O)N(C)CC(N)=O. The fraction of sp³-hybridized carbons (Fsp3) is 0.778. The van der Waals surface area contributed by atoms with Crippen molar-refractivity contribution in [2.24, 2.45) is 17.4 Å². The van der Waals surface area contributed by atoms with E-state index in [0.29, 0.717) is 12.3 Å². The first-order valence-electron chi connectivity index (χ1n) is 4.63. The van der Waals surface area contributed by atoms with Crippen LogP contribution in [0.3, 0.4) is 0 Å². The van der Waals surface area contributed by atoms with E-state index in [1.165, 1.54) is 11.9 Å². The number of carbonyl (C=O) groups is 2. The van der Waals surface area contributed by atoms with Crippen LogP contribution in [-0.4, -0.2) is 36.3 Å². The predicted molar refractivity (Wildman–Crippen MR) is 54.3 cm³/mol. The molecule has 0 spiro atoms. The highest BCUT2D eigenvalue weighted by molar-refractivity contribution is 5.86. The van der Waals surface area contributed by atoms with E-state index in [-0.39, 0.29) is 12.5 Å². The summed E-state index contributed by atoms with van der Waals surface area (Å²) in [5, 5.41) is 0. The molecule has 4 N–H and O–H groups in total. The van der Waals surface area contributed by atoms with Gasteiger partial charge in [0, 0.05) is 7.05 Å². The Morgan fingerprint density at radius 2 is 1.86 bits per heavy atom. The Hall–Kier alpha value is -1.10. The van der Waals surface area contributed by atoms with E-state index in [9.17, 15) is 9.59 Å². The van der Waals surface area contributed by atoms with Crippen LogP contribution in [0.15, 0.2) is 0 Å². The standard InChI is InChI=1S/C9H19N3O2/c1-6(2)4-7(10)9(14)12(3)5-8(11)13/h6-7H,4-5,10H2,1-3H3,(H2,11,13). The van der Waals surface area contributed by atoms with E-state index < -0.39 is 11.9 Å². The van der Waals surface area contributed by atoms with Crippen molar-refractivity contribution >= 4 is 11.8 Å². The van der Waals surface area contributed by atoms with Gasteiger partial charge in [0.25, 0.3) is 0 Å². The molecule has 0 aliphatic heterocycles. The first-order valence-corrected chi connectivity index (χ1v) is 4.63. The minimum Gasteiger partial charge on any atom is -0.368 e. The Balaban J connectivity index is 4.10. The molecule has 0 aromatic rings. The van der Waals surface area contributed by atoms with Crippen LogP contribution in [0.4, 0.5) is 0 Å². The van der Waals surface area contributed by atoms with Crippen molar-refractivity contribution in [1.82, 2.24) is 4.90 Å². The second kappa shape index (κ2) is 5.59. The molecular weight excluding hydrogens is 182 g/mol. The normalized spacial score (nSPS) is 12.6. The van der Waals surface area contributed by atoms with Gasteiger partial charge in [0.2, 0.25) is 11.8 Å². The van der Waals surface area contributed by atoms with Gasteiger partial charge >= 0.3 is 0 Å². The van der Waals surface area contributed by atoms with Gasteiger partial charge in [0.15, 0.2) is 0 Å². The lowest BCUT2D eigenvalue weighted by Crippen LogP contribution is -2.45. The highest BCUT2D eigenvalue weighted by Crippen LogP contribution is 2.04. The lowest BCUT2D eigenvalue weighted by atomic mass is 10.0. The molecule has 5 heteroatoms. The molecule has 0 aromatic heterocycles. The van der Waals surface area contributed by atoms with E-state index in [4.69, 9.17) is 11.5 Å². The van der Waals surface area contributed by atoms with Crippen molar-refractivity contribution in [3.8, 4) is 0 Å². The fourth-order valence-corrected chi connectivity index (χ4v) is 1.20. The lowest BCUT2D eigenvalue weighted by Gasteiger charge is -2.20. The van der Waals surface area contributed by atoms with Crippen LogP contribution in [0, 0.1) is 5.92 Å². The van der Waals surface area contributed by atoms with E-state index in [0.717, 1.165) is 0 Å². The summed E-state index contributed by atoms with van der Waals surface area (Å²) in [5.41, 5.74) is 10.6. The molecule has 0 fully saturated rings. The summed E-state index contributed by atoms with van der Waals surface area (Å²) in [7, 11) is 1.52. The third-order valence-corrected chi connectivity index (χ3v) is 1.81. The Kier molecular flexibility index (Phi) is 5.15. The van der Waals surface area contributed by atoms with Crippen LogP contribution in [0.25, 0.3) is 0 Å². The molecule has 0 aliphatic carbocycles. The number of likely N-dealkylation sites (N-methyl/N-ethyl adjacent to an activating group) is 1. The van der Waals surface area contributed by atoms with Gasteiger partial charge in [-0.15, -0.1) is 0 Å². The third kappa shape index (κ3) is 4.81. The quantitative estimate of drug-likeness (QED) is 0.616. The van der Waals surface area contributed by atoms with Crippen molar-refractivity contribution in [1.29, 1.82) is 0 Å². The zero-order chi connectivity index (χ0) is 11.3. The summed E-state index contributed by atoms with van der Waals surface area (Å²) < 4.78 is 0. The van der Waals surface area contributed by atoms with Crippen molar-refractivity contribution in [2.45, 2.75) is 26.3 Å². The van der Waals surface area contributed by atoms with Crippen molar-refractivity contribution < 1.29 is 9.59 Å². The van der Waals surface area contributed by atoms with Gasteiger partial charge in [-0.2, -0.15) is 0 Å². The highest BCUT2D eigenvalue weighted by atomic mass is 16.2. The topological polar surface area (TPSA) is 89.4 Å². The van der Waals surface area contributed by atoms with Crippen LogP contribution in [-0.2, 0) is 9.59 Å². The second-order valence-electron chi connectivity index (χ2n) is 3.90. The molecule has 14 heavy (non-hydrogen) atoms. The summed E-state index contributed by atoms with van der Waals surface area (Å²) in [6.45, 7) is 3.90. The number of nitrogens with two attached hydrogens (primary N) is 2. The van der Waals surface area contributed by atoms with Crippen LogP contribution in [0.2, 0.25) is 0 Å². The van der Waals surface area contributed by atoms with E-state index >= 15 is 0 Å². The van der Waals surface area contributed by atoms with Crippen molar-refractivity contribution in [3.05, 3.63) is 0 Å². The van der Waals surface area contributed by atoms with Crippen molar-refractivity contribution in [3.63, 3.8) is 0 Å². The maximum atomic E-state index is 11.5. The van der Waals surface area contributed by atoms with E-state index in [1.807, 2.05) is 13.8 Å². The molecule has 0 bridgehead atoms. The van der Waals surface area contributed by atoms with Gasteiger partial charge in [-0.25, -0.2) is 0 Å². The fourth-order valence-electron chi connectivity index (χ4n) is 1.20. The van der Waals surface area contributed by atoms with Gasteiger partial charge in [-0.05, 0) is 12.3 Å². The molecule has 1 atom stereocenters. The molecule has 0 aliphatic rings. The van der Waals surface area contributed by atoms with Crippen LogP contribution >= 0.6 is 0 Å². The molecular formula is C9H19N3O2. The smallest absolute Gasteiger partial charge is 0.239 e. The molecule has 0 aromatic carbocycles. The number of nitrogens with zero attached hydrogens (tertiary/aromatic N) is 1. The molecule has 0 radical (unpaired) electrons. The molecule has 0 saturated heterocycles. The molecule has 82 valence electrons. The maximum absolute atomic E-state index is 11.5. The average Bonchev–Trinajstić information content (AvgIpc) is 2.00. The molecule has 0 saturated carbocycles. The zero-order valence-corrected chi connectivity index (χ0v) is 8.99. The minimum atomic E-state index is -0.542. The van der Waals surface area contributed by atoms with Crippen LogP contribution in [0.5, 0.6) is 0 Å². The Labute approximate surface area is 84.4 Å². The lowest BCUT2D eigenvalue weighted by molar-refractivity contribution is -0.135. The van der Waals surface area contributed by atoms with Crippen LogP contribution < -0.4 is 11.5 Å². The largest absolute Gasteiger partial charge is 0.368 e. The maximum Gasteiger partial charge on any atom is 0.239 e. The average molecular weight is 201 g/mol. The van der Waals surface area contributed by atoms with Gasteiger partial charge in [0.05, 0.1) is 12.6 Å². The summed E-state index contributed by atoms with van der Waals surface area (Å²) in [5.74, 6) is -0.411. The van der Waals surface area contributed by atoms with E-state index in [1.54, 1.807) is 0 Å². The molecule has 1 unspecified atom stereocenters. The number of rotatable bonds is 5. The summed E-state index contributed by atoms with van der Waals surface area (Å²) >= 11 is 0. The van der Waals surface area contributed by atoms with Gasteiger partial charge in [-0.1, -0.05) is 13.8 Å². The number of primary amides is 1. The van der Waals surface area contributed by atoms with Gasteiger partial charge in [-0.3, -0.25) is 9.59 Å².